The molecular weight excluding hydrogens is 232 g/mol. The first-order chi connectivity index (χ1) is 8.53. The van der Waals surface area contributed by atoms with E-state index in [-0.39, 0.29) is 29.3 Å². The lowest BCUT2D eigenvalue weighted by atomic mass is 9.87. The maximum atomic E-state index is 12.7. The zero-order valence-electron chi connectivity index (χ0n) is 10.7. The highest BCUT2D eigenvalue weighted by atomic mass is 16.4. The quantitative estimate of drug-likeness (QED) is 0.748. The van der Waals surface area contributed by atoms with Gasteiger partial charge in [0, 0.05) is 18.6 Å². The first-order valence-corrected chi connectivity index (χ1v) is 6.79. The van der Waals surface area contributed by atoms with E-state index in [1.807, 2.05) is 11.8 Å². The predicted octanol–water partition coefficient (Wildman–Crippen LogP) is 0.450. The van der Waals surface area contributed by atoms with Crippen LogP contribution < -0.4 is 5.32 Å². The van der Waals surface area contributed by atoms with E-state index in [2.05, 4.69) is 5.32 Å². The summed E-state index contributed by atoms with van der Waals surface area (Å²) in [6.45, 7) is 3.61. The van der Waals surface area contributed by atoms with Crippen LogP contribution >= 0.6 is 0 Å². The van der Waals surface area contributed by atoms with Crippen LogP contribution in [0.15, 0.2) is 0 Å². The summed E-state index contributed by atoms with van der Waals surface area (Å²) in [6, 6.07) is 0.110. The van der Waals surface area contributed by atoms with E-state index in [1.54, 1.807) is 0 Å². The van der Waals surface area contributed by atoms with Crippen LogP contribution in [0.1, 0.15) is 32.6 Å². The maximum absolute atomic E-state index is 12.7. The zero-order chi connectivity index (χ0) is 12.9. The highest BCUT2D eigenvalue weighted by Gasteiger charge is 2.54. The number of carbonyl (C=O) groups excluding carboxylic acids is 1. The minimum Gasteiger partial charge on any atom is -0.481 e. The SMILES string of the molecule is CC1(C(=O)N2C3CCC2C(C(=O)O)C3)CCNC1. The van der Waals surface area contributed by atoms with Gasteiger partial charge in [-0.2, -0.15) is 0 Å². The average molecular weight is 252 g/mol. The van der Waals surface area contributed by atoms with Crippen molar-refractivity contribution < 1.29 is 14.7 Å². The van der Waals surface area contributed by atoms with Gasteiger partial charge in [0.2, 0.25) is 5.91 Å². The molecule has 2 N–H and O–H groups in total. The molecule has 3 aliphatic heterocycles. The fourth-order valence-corrected chi connectivity index (χ4v) is 3.88. The van der Waals surface area contributed by atoms with Crippen LogP contribution in [0.4, 0.5) is 0 Å². The van der Waals surface area contributed by atoms with Crippen molar-refractivity contribution >= 4 is 11.9 Å². The van der Waals surface area contributed by atoms with E-state index < -0.39 is 5.97 Å². The molecule has 1 amide bonds. The number of hydrogen-bond acceptors (Lipinski definition) is 3. The molecule has 3 aliphatic rings. The third-order valence-electron chi connectivity index (χ3n) is 4.97. The molecule has 0 radical (unpaired) electrons. The Morgan fingerprint density at radius 1 is 1.39 bits per heavy atom. The fourth-order valence-electron chi connectivity index (χ4n) is 3.88. The number of carbonyl (C=O) groups is 2. The third-order valence-corrected chi connectivity index (χ3v) is 4.97. The first kappa shape index (κ1) is 12.0. The Morgan fingerprint density at radius 3 is 2.72 bits per heavy atom. The monoisotopic (exact) mass is 252 g/mol. The van der Waals surface area contributed by atoms with E-state index in [0.717, 1.165) is 32.4 Å². The molecule has 3 heterocycles. The van der Waals surface area contributed by atoms with Crippen LogP contribution in [-0.2, 0) is 9.59 Å². The number of carboxylic acids is 1. The molecular formula is C13H20N2O3. The molecule has 18 heavy (non-hydrogen) atoms. The molecule has 4 atom stereocenters. The standard InChI is InChI=1S/C13H20N2O3/c1-13(4-5-14-7-13)12(18)15-8-2-3-10(15)9(6-8)11(16)17/h8-10,14H,2-7H2,1H3,(H,16,17). The Balaban J connectivity index is 1.81. The van der Waals surface area contributed by atoms with Crippen molar-refractivity contribution in [3.63, 3.8) is 0 Å². The molecule has 0 aromatic heterocycles. The molecule has 5 heteroatoms. The summed E-state index contributed by atoms with van der Waals surface area (Å²) < 4.78 is 0. The van der Waals surface area contributed by atoms with Gasteiger partial charge in [-0.15, -0.1) is 0 Å². The van der Waals surface area contributed by atoms with Gasteiger partial charge in [0.15, 0.2) is 0 Å². The molecule has 0 aromatic carbocycles. The highest BCUT2D eigenvalue weighted by Crippen LogP contribution is 2.44. The Morgan fingerprint density at radius 2 is 2.17 bits per heavy atom. The highest BCUT2D eigenvalue weighted by molar-refractivity contribution is 5.85. The van der Waals surface area contributed by atoms with Gasteiger partial charge in [0.25, 0.3) is 0 Å². The summed E-state index contributed by atoms with van der Waals surface area (Å²) in [5.41, 5.74) is -0.325. The molecule has 2 bridgehead atoms. The number of carboxylic acid groups (broad SMARTS) is 1. The number of nitrogens with zero attached hydrogens (tertiary/aromatic N) is 1. The predicted molar refractivity (Wildman–Crippen MR) is 65.0 cm³/mol. The van der Waals surface area contributed by atoms with Gasteiger partial charge < -0.3 is 15.3 Å². The van der Waals surface area contributed by atoms with E-state index in [0.29, 0.717) is 6.42 Å². The summed E-state index contributed by atoms with van der Waals surface area (Å²) >= 11 is 0. The van der Waals surface area contributed by atoms with Crippen molar-refractivity contribution in [1.29, 1.82) is 0 Å². The van der Waals surface area contributed by atoms with Crippen molar-refractivity contribution in [2.24, 2.45) is 11.3 Å². The molecule has 100 valence electrons. The van der Waals surface area contributed by atoms with Crippen LogP contribution in [0, 0.1) is 11.3 Å². The second kappa shape index (κ2) is 3.95. The van der Waals surface area contributed by atoms with Crippen LogP contribution in [0.25, 0.3) is 0 Å². The van der Waals surface area contributed by atoms with Gasteiger partial charge in [0.1, 0.15) is 0 Å². The number of rotatable bonds is 2. The molecule has 0 aromatic rings. The first-order valence-electron chi connectivity index (χ1n) is 6.79. The number of fused-ring (bicyclic) bond motifs is 2. The lowest BCUT2D eigenvalue weighted by Crippen LogP contribution is -2.47. The van der Waals surface area contributed by atoms with Gasteiger partial charge in [-0.1, -0.05) is 0 Å². The summed E-state index contributed by atoms with van der Waals surface area (Å²) in [5, 5.41) is 12.5. The average Bonchev–Trinajstić information content (AvgIpc) is 3.02. The number of nitrogens with one attached hydrogen (secondary N) is 1. The minimum absolute atomic E-state index is 0.0579. The van der Waals surface area contributed by atoms with Gasteiger partial charge in [-0.3, -0.25) is 9.59 Å². The topological polar surface area (TPSA) is 69.6 Å². The number of amides is 1. The third kappa shape index (κ3) is 1.56. The van der Waals surface area contributed by atoms with Crippen LogP contribution in [-0.4, -0.2) is 47.1 Å². The summed E-state index contributed by atoms with van der Waals surface area (Å²) in [4.78, 5) is 25.8. The summed E-state index contributed by atoms with van der Waals surface area (Å²) in [6.07, 6.45) is 3.34. The smallest absolute Gasteiger partial charge is 0.308 e. The molecule has 0 spiro atoms. The molecule has 4 unspecified atom stereocenters. The molecule has 3 rings (SSSR count). The molecule has 0 aliphatic carbocycles. The Kier molecular flexibility index (Phi) is 2.62. The number of aliphatic carboxylic acids is 1. The van der Waals surface area contributed by atoms with Crippen molar-refractivity contribution in [2.45, 2.75) is 44.7 Å². The second-order valence-corrected chi connectivity index (χ2v) is 6.18. The molecule has 3 fully saturated rings. The van der Waals surface area contributed by atoms with Crippen molar-refractivity contribution in [3.05, 3.63) is 0 Å². The minimum atomic E-state index is -0.741. The van der Waals surface area contributed by atoms with Gasteiger partial charge in [-0.05, 0) is 39.2 Å². The lowest BCUT2D eigenvalue weighted by molar-refractivity contribution is -0.145. The second-order valence-electron chi connectivity index (χ2n) is 6.18. The van der Waals surface area contributed by atoms with Crippen LogP contribution in [0.2, 0.25) is 0 Å². The van der Waals surface area contributed by atoms with Crippen LogP contribution in [0.5, 0.6) is 0 Å². The van der Waals surface area contributed by atoms with E-state index in [1.165, 1.54) is 0 Å². The summed E-state index contributed by atoms with van der Waals surface area (Å²) in [5.74, 6) is -0.913. The van der Waals surface area contributed by atoms with E-state index in [4.69, 9.17) is 0 Å². The largest absolute Gasteiger partial charge is 0.481 e. The van der Waals surface area contributed by atoms with E-state index >= 15 is 0 Å². The van der Waals surface area contributed by atoms with Crippen LogP contribution in [0.3, 0.4) is 0 Å². The molecule has 0 saturated carbocycles. The number of hydrogen-bond donors (Lipinski definition) is 2. The maximum Gasteiger partial charge on any atom is 0.308 e. The van der Waals surface area contributed by atoms with Gasteiger partial charge in [0.05, 0.1) is 11.3 Å². The zero-order valence-corrected chi connectivity index (χ0v) is 10.7. The van der Waals surface area contributed by atoms with E-state index in [9.17, 15) is 14.7 Å². The Labute approximate surface area is 107 Å². The molecule has 5 nitrogen and oxygen atoms in total. The Hall–Kier alpha value is -1.10. The fraction of sp³-hybridized carbons (Fsp3) is 0.846. The van der Waals surface area contributed by atoms with Crippen molar-refractivity contribution in [1.82, 2.24) is 10.2 Å². The Bertz CT molecular complexity index is 390. The lowest BCUT2D eigenvalue weighted by Gasteiger charge is -2.32. The normalized spacial score (nSPS) is 42.5. The van der Waals surface area contributed by atoms with Crippen molar-refractivity contribution in [3.8, 4) is 0 Å². The van der Waals surface area contributed by atoms with Crippen molar-refractivity contribution in [2.75, 3.05) is 13.1 Å². The van der Waals surface area contributed by atoms with Gasteiger partial charge >= 0.3 is 5.97 Å². The molecule has 3 saturated heterocycles. The van der Waals surface area contributed by atoms with Gasteiger partial charge in [-0.25, -0.2) is 0 Å². The summed E-state index contributed by atoms with van der Waals surface area (Å²) in [7, 11) is 0.